The quantitative estimate of drug-likeness (QED) is 0.764. The minimum Gasteiger partial charge on any atom is -0.381 e. The second-order valence-electron chi connectivity index (χ2n) is 6.42. The Hall–Kier alpha value is -0.690. The number of ether oxygens (including phenoxy) is 3. The third-order valence-corrected chi connectivity index (χ3v) is 3.72. The molecule has 0 bridgehead atoms. The number of rotatable bonds is 3. The highest BCUT2D eigenvalue weighted by molar-refractivity contribution is 5.79. The number of hydrogen-bond acceptors (Lipinski definition) is 5. The van der Waals surface area contributed by atoms with Gasteiger partial charge < -0.3 is 25.1 Å². The SMILES string of the molecule is CC1(C)CC([C@H]2COC(C)(C)O2)[C@@H]([C@@H](O)C(N)=O)O1. The molecule has 0 aromatic rings. The summed E-state index contributed by atoms with van der Waals surface area (Å²) < 4.78 is 17.1. The van der Waals surface area contributed by atoms with Gasteiger partial charge in [-0.25, -0.2) is 0 Å². The van der Waals surface area contributed by atoms with Gasteiger partial charge in [0.25, 0.3) is 0 Å². The predicted octanol–water partition coefficient (Wildman–Crippen LogP) is 0.168. The van der Waals surface area contributed by atoms with Gasteiger partial charge in [0.2, 0.25) is 5.91 Å². The minimum atomic E-state index is -1.32. The van der Waals surface area contributed by atoms with Crippen molar-refractivity contribution in [2.45, 2.75) is 63.8 Å². The fourth-order valence-corrected chi connectivity index (χ4v) is 2.92. The summed E-state index contributed by atoms with van der Waals surface area (Å²) in [4.78, 5) is 11.2. The molecule has 2 aliphatic heterocycles. The number of aliphatic hydroxyl groups is 1. The van der Waals surface area contributed by atoms with E-state index in [1.807, 2.05) is 27.7 Å². The summed E-state index contributed by atoms with van der Waals surface area (Å²) in [5.74, 6) is -1.52. The van der Waals surface area contributed by atoms with E-state index in [4.69, 9.17) is 19.9 Å². The number of carbonyl (C=O) groups excluding carboxylic acids is 1. The van der Waals surface area contributed by atoms with Crippen molar-refractivity contribution in [2.75, 3.05) is 6.61 Å². The lowest BCUT2D eigenvalue weighted by Crippen LogP contribution is -2.45. The molecule has 2 fully saturated rings. The van der Waals surface area contributed by atoms with Crippen molar-refractivity contribution < 1.29 is 24.1 Å². The summed E-state index contributed by atoms with van der Waals surface area (Å²) in [5, 5.41) is 9.92. The molecule has 0 aromatic heterocycles. The molecule has 0 spiro atoms. The number of aliphatic hydroxyl groups excluding tert-OH is 1. The summed E-state index contributed by atoms with van der Waals surface area (Å²) in [7, 11) is 0. The highest BCUT2D eigenvalue weighted by Crippen LogP contribution is 2.42. The van der Waals surface area contributed by atoms with Crippen LogP contribution in [0.15, 0.2) is 0 Å². The molecule has 2 heterocycles. The second kappa shape index (κ2) is 4.70. The first-order valence-corrected chi connectivity index (χ1v) is 6.58. The molecular weight excluding hydrogens is 250 g/mol. The Balaban J connectivity index is 2.15. The zero-order chi connectivity index (χ0) is 14.4. The molecule has 1 amide bonds. The maximum atomic E-state index is 11.2. The van der Waals surface area contributed by atoms with Gasteiger partial charge in [-0.15, -0.1) is 0 Å². The lowest BCUT2D eigenvalue weighted by atomic mass is 9.87. The van der Waals surface area contributed by atoms with Crippen LogP contribution in [0, 0.1) is 5.92 Å². The van der Waals surface area contributed by atoms with Crippen LogP contribution in [0.2, 0.25) is 0 Å². The summed E-state index contributed by atoms with van der Waals surface area (Å²) in [6.07, 6.45) is -1.48. The standard InChI is InChI=1S/C13H23NO5/c1-12(2)5-7(8-6-17-13(3,4)18-8)10(19-12)9(15)11(14)16/h7-10,15H,5-6H2,1-4H3,(H2,14,16)/t7?,8-,9-,10+/m1/s1. The van der Waals surface area contributed by atoms with Gasteiger partial charge >= 0.3 is 0 Å². The molecule has 0 aliphatic carbocycles. The third-order valence-electron chi connectivity index (χ3n) is 3.72. The molecule has 0 saturated carbocycles. The average Bonchev–Trinajstić information content (AvgIpc) is 2.77. The molecule has 19 heavy (non-hydrogen) atoms. The Labute approximate surface area is 113 Å². The van der Waals surface area contributed by atoms with Crippen molar-refractivity contribution >= 4 is 5.91 Å². The van der Waals surface area contributed by atoms with Crippen LogP contribution in [0.4, 0.5) is 0 Å². The molecule has 2 saturated heterocycles. The van der Waals surface area contributed by atoms with Gasteiger partial charge in [-0.1, -0.05) is 0 Å². The molecule has 6 nitrogen and oxygen atoms in total. The van der Waals surface area contributed by atoms with Gasteiger partial charge in [0.05, 0.1) is 24.4 Å². The molecule has 3 N–H and O–H groups in total. The Morgan fingerprint density at radius 3 is 2.42 bits per heavy atom. The van der Waals surface area contributed by atoms with E-state index >= 15 is 0 Å². The third kappa shape index (κ3) is 3.08. The van der Waals surface area contributed by atoms with Gasteiger partial charge in [-0.2, -0.15) is 0 Å². The van der Waals surface area contributed by atoms with Gasteiger partial charge in [0.15, 0.2) is 11.9 Å². The van der Waals surface area contributed by atoms with Crippen LogP contribution < -0.4 is 5.73 Å². The van der Waals surface area contributed by atoms with E-state index in [0.29, 0.717) is 13.0 Å². The first kappa shape index (κ1) is 14.7. The van der Waals surface area contributed by atoms with E-state index < -0.39 is 29.5 Å². The van der Waals surface area contributed by atoms with Crippen LogP contribution in [-0.2, 0) is 19.0 Å². The highest BCUT2D eigenvalue weighted by atomic mass is 16.7. The molecular formula is C13H23NO5. The monoisotopic (exact) mass is 273 g/mol. The Morgan fingerprint density at radius 2 is 1.95 bits per heavy atom. The smallest absolute Gasteiger partial charge is 0.248 e. The van der Waals surface area contributed by atoms with E-state index in [2.05, 4.69) is 0 Å². The maximum absolute atomic E-state index is 11.2. The Bertz CT molecular complexity index is 368. The number of amides is 1. The van der Waals surface area contributed by atoms with Crippen molar-refractivity contribution in [3.05, 3.63) is 0 Å². The van der Waals surface area contributed by atoms with Crippen molar-refractivity contribution in [2.24, 2.45) is 11.7 Å². The van der Waals surface area contributed by atoms with Gasteiger partial charge in [0, 0.05) is 5.92 Å². The number of carbonyl (C=O) groups is 1. The average molecular weight is 273 g/mol. The van der Waals surface area contributed by atoms with Crippen LogP contribution in [0.5, 0.6) is 0 Å². The van der Waals surface area contributed by atoms with Crippen molar-refractivity contribution in [3.63, 3.8) is 0 Å². The highest BCUT2D eigenvalue weighted by Gasteiger charge is 2.51. The number of primary amides is 1. The van der Waals surface area contributed by atoms with Gasteiger partial charge in [-0.05, 0) is 34.1 Å². The normalized spacial score (nSPS) is 38.3. The molecule has 4 atom stereocenters. The summed E-state index contributed by atoms with van der Waals surface area (Å²) in [6, 6.07) is 0. The fourth-order valence-electron chi connectivity index (χ4n) is 2.92. The van der Waals surface area contributed by atoms with Crippen molar-refractivity contribution in [1.29, 1.82) is 0 Å². The molecule has 2 rings (SSSR count). The van der Waals surface area contributed by atoms with E-state index in [9.17, 15) is 9.90 Å². The second-order valence-corrected chi connectivity index (χ2v) is 6.42. The van der Waals surface area contributed by atoms with E-state index in [-0.39, 0.29) is 12.0 Å². The van der Waals surface area contributed by atoms with Gasteiger partial charge in [-0.3, -0.25) is 4.79 Å². The Kier molecular flexibility index (Phi) is 3.64. The summed E-state index contributed by atoms with van der Waals surface area (Å²) >= 11 is 0. The fraction of sp³-hybridized carbons (Fsp3) is 0.923. The van der Waals surface area contributed by atoms with Crippen molar-refractivity contribution in [3.8, 4) is 0 Å². The lowest BCUT2D eigenvalue weighted by molar-refractivity contribution is -0.155. The van der Waals surface area contributed by atoms with Crippen molar-refractivity contribution in [1.82, 2.24) is 0 Å². The predicted molar refractivity (Wildman–Crippen MR) is 67.2 cm³/mol. The largest absolute Gasteiger partial charge is 0.381 e. The van der Waals surface area contributed by atoms with Gasteiger partial charge in [0.1, 0.15) is 0 Å². The number of hydrogen-bond donors (Lipinski definition) is 2. The van der Waals surface area contributed by atoms with Crippen LogP contribution in [-0.4, -0.2) is 47.3 Å². The zero-order valence-corrected chi connectivity index (χ0v) is 11.9. The van der Waals surface area contributed by atoms with E-state index in [0.717, 1.165) is 0 Å². The maximum Gasteiger partial charge on any atom is 0.248 e. The molecule has 2 aliphatic rings. The number of nitrogens with two attached hydrogens (primary N) is 1. The van der Waals surface area contributed by atoms with Crippen LogP contribution in [0.1, 0.15) is 34.1 Å². The van der Waals surface area contributed by atoms with Crippen LogP contribution in [0.3, 0.4) is 0 Å². The van der Waals surface area contributed by atoms with Crippen LogP contribution >= 0.6 is 0 Å². The molecule has 0 aromatic carbocycles. The molecule has 1 unspecified atom stereocenters. The molecule has 0 radical (unpaired) electrons. The molecule has 110 valence electrons. The van der Waals surface area contributed by atoms with E-state index in [1.54, 1.807) is 0 Å². The first-order valence-electron chi connectivity index (χ1n) is 6.58. The summed E-state index contributed by atoms with van der Waals surface area (Å²) in [6.45, 7) is 7.96. The first-order chi connectivity index (χ1) is 8.61. The molecule has 6 heteroatoms. The minimum absolute atomic E-state index is 0.112. The summed E-state index contributed by atoms with van der Waals surface area (Å²) in [5.41, 5.74) is 4.76. The van der Waals surface area contributed by atoms with Crippen LogP contribution in [0.25, 0.3) is 0 Å². The van der Waals surface area contributed by atoms with E-state index in [1.165, 1.54) is 0 Å². The zero-order valence-electron chi connectivity index (χ0n) is 11.9. The Morgan fingerprint density at radius 1 is 1.32 bits per heavy atom. The topological polar surface area (TPSA) is 91.0 Å². The lowest BCUT2D eigenvalue weighted by Gasteiger charge is -2.26.